The zero-order valence-electron chi connectivity index (χ0n) is 11.9. The molecule has 1 unspecified atom stereocenters. The summed E-state index contributed by atoms with van der Waals surface area (Å²) in [6, 6.07) is 8.31. The molecule has 5 nitrogen and oxygen atoms in total. The van der Waals surface area contributed by atoms with Gasteiger partial charge in [-0.3, -0.25) is 4.68 Å². The molecule has 1 heterocycles. The van der Waals surface area contributed by atoms with Crippen molar-refractivity contribution >= 4 is 5.97 Å². The first-order chi connectivity index (χ1) is 9.50. The summed E-state index contributed by atoms with van der Waals surface area (Å²) in [5.74, 6) is -0.946. The Morgan fingerprint density at radius 1 is 1.45 bits per heavy atom. The summed E-state index contributed by atoms with van der Waals surface area (Å²) in [6.45, 7) is 4.60. The van der Waals surface area contributed by atoms with E-state index in [1.165, 1.54) is 17.3 Å². The van der Waals surface area contributed by atoms with E-state index in [9.17, 15) is 4.79 Å². The van der Waals surface area contributed by atoms with Crippen molar-refractivity contribution in [2.45, 2.75) is 26.4 Å². The smallest absolute Gasteiger partial charge is 0.339 e. The Morgan fingerprint density at radius 2 is 2.15 bits per heavy atom. The lowest BCUT2D eigenvalue weighted by molar-refractivity contribution is 0.0695. The second-order valence-corrected chi connectivity index (χ2v) is 4.89. The summed E-state index contributed by atoms with van der Waals surface area (Å²) >= 11 is 0. The molecule has 0 saturated heterocycles. The lowest BCUT2D eigenvalue weighted by Gasteiger charge is -2.17. The zero-order chi connectivity index (χ0) is 14.7. The number of nitrogens with zero attached hydrogens (tertiary/aromatic N) is 2. The van der Waals surface area contributed by atoms with E-state index in [2.05, 4.69) is 36.4 Å². The molecule has 1 aromatic carbocycles. The van der Waals surface area contributed by atoms with Crippen molar-refractivity contribution in [3.8, 4) is 0 Å². The summed E-state index contributed by atoms with van der Waals surface area (Å²) in [4.78, 5) is 11.1. The first-order valence-corrected chi connectivity index (χ1v) is 6.53. The lowest BCUT2D eigenvalue weighted by Crippen LogP contribution is -2.22. The Kier molecular flexibility index (Phi) is 4.20. The number of nitrogens with one attached hydrogen (secondary N) is 1. The third-order valence-corrected chi connectivity index (χ3v) is 3.52. The average Bonchev–Trinajstić information content (AvgIpc) is 2.78. The normalized spacial score (nSPS) is 12.3. The van der Waals surface area contributed by atoms with Gasteiger partial charge in [-0.25, -0.2) is 4.79 Å². The van der Waals surface area contributed by atoms with E-state index >= 15 is 0 Å². The summed E-state index contributed by atoms with van der Waals surface area (Å²) in [7, 11) is 1.75. The number of aryl methyl sites for hydroxylation is 2. The summed E-state index contributed by atoms with van der Waals surface area (Å²) < 4.78 is 1.60. The van der Waals surface area contributed by atoms with Crippen LogP contribution < -0.4 is 5.32 Å². The van der Waals surface area contributed by atoms with E-state index in [4.69, 9.17) is 5.11 Å². The minimum Gasteiger partial charge on any atom is -0.478 e. The molecular weight excluding hydrogens is 254 g/mol. The maximum absolute atomic E-state index is 11.1. The van der Waals surface area contributed by atoms with Crippen LogP contribution in [0.4, 0.5) is 0 Å². The third-order valence-electron chi connectivity index (χ3n) is 3.52. The van der Waals surface area contributed by atoms with E-state index in [0.29, 0.717) is 12.2 Å². The first-order valence-electron chi connectivity index (χ1n) is 6.53. The minimum atomic E-state index is -0.946. The van der Waals surface area contributed by atoms with E-state index in [1.807, 2.05) is 12.1 Å². The van der Waals surface area contributed by atoms with Gasteiger partial charge in [0.05, 0.1) is 11.9 Å². The summed E-state index contributed by atoms with van der Waals surface area (Å²) in [6.07, 6.45) is 1.39. The average molecular weight is 273 g/mol. The molecule has 0 bridgehead atoms. The highest BCUT2D eigenvalue weighted by molar-refractivity contribution is 5.88. The van der Waals surface area contributed by atoms with Crippen LogP contribution in [0.25, 0.3) is 0 Å². The van der Waals surface area contributed by atoms with Crippen molar-refractivity contribution in [1.82, 2.24) is 15.1 Å². The van der Waals surface area contributed by atoms with Gasteiger partial charge in [0.15, 0.2) is 0 Å². The molecular formula is C15H19N3O2. The number of hydrogen-bond acceptors (Lipinski definition) is 3. The van der Waals surface area contributed by atoms with Crippen molar-refractivity contribution in [3.05, 3.63) is 52.8 Å². The van der Waals surface area contributed by atoms with Crippen LogP contribution in [0.2, 0.25) is 0 Å². The molecule has 2 rings (SSSR count). The molecule has 2 N–H and O–H groups in total. The van der Waals surface area contributed by atoms with E-state index in [-0.39, 0.29) is 11.6 Å². The Balaban J connectivity index is 2.11. The van der Waals surface area contributed by atoms with Crippen molar-refractivity contribution in [1.29, 1.82) is 0 Å². The van der Waals surface area contributed by atoms with Crippen LogP contribution in [-0.4, -0.2) is 20.9 Å². The van der Waals surface area contributed by atoms with Crippen LogP contribution in [0.5, 0.6) is 0 Å². The van der Waals surface area contributed by atoms with Gasteiger partial charge in [-0.05, 0) is 25.0 Å². The van der Waals surface area contributed by atoms with Gasteiger partial charge in [0.1, 0.15) is 5.56 Å². The molecule has 2 aromatic rings. The van der Waals surface area contributed by atoms with Gasteiger partial charge in [-0.2, -0.15) is 5.10 Å². The van der Waals surface area contributed by atoms with Crippen LogP contribution in [0.3, 0.4) is 0 Å². The SMILES string of the molecule is Cc1ccccc1C(C)NCc1c(C(=O)O)cnn1C. The largest absolute Gasteiger partial charge is 0.478 e. The van der Waals surface area contributed by atoms with E-state index in [1.54, 1.807) is 11.7 Å². The monoisotopic (exact) mass is 273 g/mol. The maximum Gasteiger partial charge on any atom is 0.339 e. The highest BCUT2D eigenvalue weighted by Gasteiger charge is 2.16. The van der Waals surface area contributed by atoms with Crippen LogP contribution in [0, 0.1) is 6.92 Å². The molecule has 0 aliphatic rings. The second kappa shape index (κ2) is 5.88. The fraction of sp³-hybridized carbons (Fsp3) is 0.333. The van der Waals surface area contributed by atoms with Gasteiger partial charge in [-0.15, -0.1) is 0 Å². The minimum absolute atomic E-state index is 0.146. The van der Waals surface area contributed by atoms with Gasteiger partial charge < -0.3 is 10.4 Å². The molecule has 106 valence electrons. The van der Waals surface area contributed by atoms with Gasteiger partial charge >= 0.3 is 5.97 Å². The molecule has 0 aliphatic carbocycles. The molecule has 0 saturated carbocycles. The van der Waals surface area contributed by atoms with Gasteiger partial charge in [0, 0.05) is 19.6 Å². The highest BCUT2D eigenvalue weighted by Crippen LogP contribution is 2.17. The Hall–Kier alpha value is -2.14. The van der Waals surface area contributed by atoms with Crippen LogP contribution in [0.1, 0.15) is 40.1 Å². The molecule has 0 fully saturated rings. The Bertz CT molecular complexity index is 619. The molecule has 0 amide bonds. The molecule has 0 aliphatic heterocycles. The standard InChI is InChI=1S/C15H19N3O2/c1-10-6-4-5-7-12(10)11(2)16-9-14-13(15(19)20)8-17-18(14)3/h4-8,11,16H,9H2,1-3H3,(H,19,20). The number of rotatable bonds is 5. The fourth-order valence-electron chi connectivity index (χ4n) is 2.28. The van der Waals surface area contributed by atoms with Crippen molar-refractivity contribution in [2.24, 2.45) is 7.05 Å². The number of benzene rings is 1. The van der Waals surface area contributed by atoms with Crippen LogP contribution in [-0.2, 0) is 13.6 Å². The highest BCUT2D eigenvalue weighted by atomic mass is 16.4. The van der Waals surface area contributed by atoms with Gasteiger partial charge in [0.2, 0.25) is 0 Å². The number of carbonyl (C=O) groups is 1. The molecule has 0 spiro atoms. The van der Waals surface area contributed by atoms with Crippen LogP contribution in [0.15, 0.2) is 30.5 Å². The molecule has 20 heavy (non-hydrogen) atoms. The molecule has 1 aromatic heterocycles. The number of hydrogen-bond donors (Lipinski definition) is 2. The van der Waals surface area contributed by atoms with Crippen molar-refractivity contribution in [3.63, 3.8) is 0 Å². The van der Waals surface area contributed by atoms with Gasteiger partial charge in [-0.1, -0.05) is 24.3 Å². The van der Waals surface area contributed by atoms with Gasteiger partial charge in [0.25, 0.3) is 0 Å². The third kappa shape index (κ3) is 2.88. The number of aromatic nitrogens is 2. The van der Waals surface area contributed by atoms with Crippen LogP contribution >= 0.6 is 0 Å². The topological polar surface area (TPSA) is 67.2 Å². The molecule has 0 radical (unpaired) electrons. The summed E-state index contributed by atoms with van der Waals surface area (Å²) in [5, 5.41) is 16.5. The van der Waals surface area contributed by atoms with Crippen molar-refractivity contribution in [2.75, 3.05) is 0 Å². The number of aromatic carboxylic acids is 1. The Morgan fingerprint density at radius 3 is 2.80 bits per heavy atom. The Labute approximate surface area is 118 Å². The van der Waals surface area contributed by atoms with E-state index < -0.39 is 5.97 Å². The molecule has 1 atom stereocenters. The van der Waals surface area contributed by atoms with E-state index in [0.717, 1.165) is 0 Å². The maximum atomic E-state index is 11.1. The quantitative estimate of drug-likeness (QED) is 0.877. The summed E-state index contributed by atoms with van der Waals surface area (Å²) in [5.41, 5.74) is 3.36. The molecule has 5 heteroatoms. The predicted molar refractivity (Wildman–Crippen MR) is 76.6 cm³/mol. The second-order valence-electron chi connectivity index (χ2n) is 4.89. The number of carboxylic acids is 1. The first kappa shape index (κ1) is 14.3. The predicted octanol–water partition coefficient (Wildman–Crippen LogP) is 2.28. The lowest BCUT2D eigenvalue weighted by atomic mass is 10.0. The number of carboxylic acid groups (broad SMARTS) is 1. The van der Waals surface area contributed by atoms with Crippen molar-refractivity contribution < 1.29 is 9.90 Å². The fourth-order valence-corrected chi connectivity index (χ4v) is 2.28. The zero-order valence-corrected chi connectivity index (χ0v) is 11.9.